The first kappa shape index (κ1) is 13.0. The van der Waals surface area contributed by atoms with Gasteiger partial charge in [-0.2, -0.15) is 0 Å². The smallest absolute Gasteiger partial charge is 0.0581 e. The molecule has 2 nitrogen and oxygen atoms in total. The molecule has 15 heavy (non-hydrogen) atoms. The normalized spacial score (nSPS) is 31.2. The zero-order valence-electron chi connectivity index (χ0n) is 11.0. The van der Waals surface area contributed by atoms with Gasteiger partial charge in [-0.05, 0) is 51.5 Å². The highest BCUT2D eigenvalue weighted by molar-refractivity contribution is 4.86. The second-order valence-electron chi connectivity index (χ2n) is 6.27. The minimum atomic E-state index is -0.0841. The van der Waals surface area contributed by atoms with Crippen LogP contribution in [0.2, 0.25) is 0 Å². The lowest BCUT2D eigenvalue weighted by Gasteiger charge is -2.40. The topological polar surface area (TPSA) is 23.5 Å². The lowest BCUT2D eigenvalue weighted by atomic mass is 9.70. The summed E-state index contributed by atoms with van der Waals surface area (Å²) in [6.07, 6.45) is 3.21. The van der Waals surface area contributed by atoms with Gasteiger partial charge in [0.2, 0.25) is 0 Å². The molecular formula is C13H27NO. The molecule has 90 valence electrons. The van der Waals surface area contributed by atoms with Crippen molar-refractivity contribution in [1.82, 2.24) is 4.90 Å². The van der Waals surface area contributed by atoms with Gasteiger partial charge in [0.1, 0.15) is 0 Å². The van der Waals surface area contributed by atoms with Crippen LogP contribution in [0.4, 0.5) is 0 Å². The van der Waals surface area contributed by atoms with Crippen molar-refractivity contribution >= 4 is 0 Å². The van der Waals surface area contributed by atoms with Crippen molar-refractivity contribution in [3.8, 4) is 0 Å². The first-order valence-corrected chi connectivity index (χ1v) is 6.20. The molecule has 0 saturated heterocycles. The van der Waals surface area contributed by atoms with Gasteiger partial charge in [-0.1, -0.05) is 13.8 Å². The Morgan fingerprint density at radius 3 is 2.53 bits per heavy atom. The van der Waals surface area contributed by atoms with Crippen molar-refractivity contribution in [3.63, 3.8) is 0 Å². The van der Waals surface area contributed by atoms with Gasteiger partial charge in [-0.3, -0.25) is 0 Å². The second-order valence-corrected chi connectivity index (χ2v) is 6.27. The second kappa shape index (κ2) is 4.84. The average Bonchev–Trinajstić information content (AvgIpc) is 2.11. The van der Waals surface area contributed by atoms with E-state index in [0.717, 1.165) is 25.8 Å². The third-order valence-corrected chi connectivity index (χ3v) is 3.88. The van der Waals surface area contributed by atoms with E-state index in [1.54, 1.807) is 0 Å². The van der Waals surface area contributed by atoms with Crippen LogP contribution in [0.1, 0.15) is 47.0 Å². The Bertz CT molecular complexity index is 201. The molecule has 0 heterocycles. The van der Waals surface area contributed by atoms with E-state index in [-0.39, 0.29) is 6.10 Å². The molecule has 0 aromatic carbocycles. The predicted octanol–water partition coefficient (Wildman–Crippen LogP) is 2.51. The van der Waals surface area contributed by atoms with Gasteiger partial charge in [0.15, 0.2) is 0 Å². The van der Waals surface area contributed by atoms with Gasteiger partial charge in [-0.15, -0.1) is 0 Å². The quantitative estimate of drug-likeness (QED) is 0.778. The number of hydrogen-bond donors (Lipinski definition) is 1. The van der Waals surface area contributed by atoms with Crippen molar-refractivity contribution < 1.29 is 5.11 Å². The number of rotatable bonds is 3. The minimum absolute atomic E-state index is 0.0841. The molecule has 1 aliphatic carbocycles. The SMILES string of the molecule is CC(C)N(C)CC1CC(C)(C)CCC1O. The highest BCUT2D eigenvalue weighted by Crippen LogP contribution is 2.38. The summed E-state index contributed by atoms with van der Waals surface area (Å²) in [6.45, 7) is 10.1. The maximum absolute atomic E-state index is 10.0. The molecule has 0 bridgehead atoms. The summed E-state index contributed by atoms with van der Waals surface area (Å²) in [5.74, 6) is 0.459. The van der Waals surface area contributed by atoms with E-state index in [0.29, 0.717) is 17.4 Å². The maximum atomic E-state index is 10.0. The van der Waals surface area contributed by atoms with Crippen molar-refractivity contribution in [3.05, 3.63) is 0 Å². The van der Waals surface area contributed by atoms with E-state index in [1.165, 1.54) is 0 Å². The lowest BCUT2D eigenvalue weighted by Crippen LogP contribution is -2.41. The van der Waals surface area contributed by atoms with Crippen LogP contribution < -0.4 is 0 Å². The lowest BCUT2D eigenvalue weighted by molar-refractivity contribution is 0.00406. The Morgan fingerprint density at radius 2 is 2.00 bits per heavy atom. The molecule has 1 N–H and O–H groups in total. The van der Waals surface area contributed by atoms with Crippen molar-refractivity contribution in [2.24, 2.45) is 11.3 Å². The Labute approximate surface area is 94.7 Å². The molecular weight excluding hydrogens is 186 g/mol. The monoisotopic (exact) mass is 213 g/mol. The molecule has 0 aliphatic heterocycles. The van der Waals surface area contributed by atoms with Crippen LogP contribution in [0.15, 0.2) is 0 Å². The van der Waals surface area contributed by atoms with E-state index < -0.39 is 0 Å². The van der Waals surface area contributed by atoms with Crippen LogP contribution >= 0.6 is 0 Å². The van der Waals surface area contributed by atoms with Gasteiger partial charge in [0, 0.05) is 12.6 Å². The van der Waals surface area contributed by atoms with Crippen LogP contribution in [0, 0.1) is 11.3 Å². The predicted molar refractivity (Wildman–Crippen MR) is 64.9 cm³/mol. The molecule has 2 atom stereocenters. The van der Waals surface area contributed by atoms with Gasteiger partial charge >= 0.3 is 0 Å². The fourth-order valence-electron chi connectivity index (χ4n) is 2.49. The summed E-state index contributed by atoms with van der Waals surface area (Å²) >= 11 is 0. The van der Waals surface area contributed by atoms with Crippen LogP contribution in [-0.2, 0) is 0 Å². The highest BCUT2D eigenvalue weighted by Gasteiger charge is 2.34. The molecule has 0 aromatic heterocycles. The summed E-state index contributed by atoms with van der Waals surface area (Å²) in [5, 5.41) is 10.0. The number of hydrogen-bond acceptors (Lipinski definition) is 2. The number of aliphatic hydroxyl groups is 1. The van der Waals surface area contributed by atoms with Crippen LogP contribution in [0.25, 0.3) is 0 Å². The summed E-state index contributed by atoms with van der Waals surface area (Å²) in [6, 6.07) is 0.572. The Balaban J connectivity index is 2.52. The molecule has 2 unspecified atom stereocenters. The average molecular weight is 213 g/mol. The van der Waals surface area contributed by atoms with E-state index >= 15 is 0 Å². The Kier molecular flexibility index (Phi) is 4.19. The van der Waals surface area contributed by atoms with E-state index in [2.05, 4.69) is 39.6 Å². The third kappa shape index (κ3) is 3.76. The Hall–Kier alpha value is -0.0800. The van der Waals surface area contributed by atoms with Gasteiger partial charge < -0.3 is 10.0 Å². The zero-order valence-corrected chi connectivity index (χ0v) is 11.0. The molecule has 0 radical (unpaired) electrons. The summed E-state index contributed by atoms with van der Waals surface area (Å²) in [5.41, 5.74) is 0.418. The van der Waals surface area contributed by atoms with Crippen molar-refractivity contribution in [2.75, 3.05) is 13.6 Å². The highest BCUT2D eigenvalue weighted by atomic mass is 16.3. The minimum Gasteiger partial charge on any atom is -0.393 e. The molecule has 1 saturated carbocycles. The molecule has 1 aliphatic rings. The van der Waals surface area contributed by atoms with Gasteiger partial charge in [0.05, 0.1) is 6.10 Å². The van der Waals surface area contributed by atoms with Crippen LogP contribution in [0.5, 0.6) is 0 Å². The molecule has 1 rings (SSSR count). The number of nitrogens with zero attached hydrogens (tertiary/aromatic N) is 1. The third-order valence-electron chi connectivity index (χ3n) is 3.88. The molecule has 0 spiro atoms. The molecule has 0 aromatic rings. The van der Waals surface area contributed by atoms with Crippen molar-refractivity contribution in [2.45, 2.75) is 59.1 Å². The number of aliphatic hydroxyl groups excluding tert-OH is 1. The van der Waals surface area contributed by atoms with Gasteiger partial charge in [0.25, 0.3) is 0 Å². The van der Waals surface area contributed by atoms with Gasteiger partial charge in [-0.25, -0.2) is 0 Å². The first-order chi connectivity index (χ1) is 6.82. The Morgan fingerprint density at radius 1 is 1.40 bits per heavy atom. The fraction of sp³-hybridized carbons (Fsp3) is 1.00. The van der Waals surface area contributed by atoms with E-state index in [4.69, 9.17) is 0 Å². The summed E-state index contributed by atoms with van der Waals surface area (Å²) < 4.78 is 0. The first-order valence-electron chi connectivity index (χ1n) is 6.20. The standard InChI is InChI=1S/C13H27NO/c1-10(2)14(5)9-11-8-13(3,4)7-6-12(11)15/h10-12,15H,6-9H2,1-5H3. The summed E-state index contributed by atoms with van der Waals surface area (Å²) in [4.78, 5) is 2.34. The van der Waals surface area contributed by atoms with E-state index in [9.17, 15) is 5.11 Å². The summed E-state index contributed by atoms with van der Waals surface area (Å²) in [7, 11) is 2.15. The van der Waals surface area contributed by atoms with E-state index in [1.807, 2.05) is 0 Å². The molecule has 2 heteroatoms. The van der Waals surface area contributed by atoms with Crippen LogP contribution in [-0.4, -0.2) is 35.7 Å². The van der Waals surface area contributed by atoms with Crippen molar-refractivity contribution in [1.29, 1.82) is 0 Å². The molecule has 1 fully saturated rings. The zero-order chi connectivity index (χ0) is 11.6. The molecule has 0 amide bonds. The maximum Gasteiger partial charge on any atom is 0.0581 e. The fourth-order valence-corrected chi connectivity index (χ4v) is 2.49. The van der Waals surface area contributed by atoms with Crippen LogP contribution in [0.3, 0.4) is 0 Å². The largest absolute Gasteiger partial charge is 0.393 e.